The fourth-order valence-electron chi connectivity index (χ4n) is 3.86. The SMILES string of the molecule is N#Cc1cccc(NC(=O)CSc2nc3cc(-c4ccccc4)[nH]c3c(=O)n2Cc2ccccc2)c1. The molecule has 0 aliphatic rings. The van der Waals surface area contributed by atoms with Gasteiger partial charge in [0.25, 0.3) is 5.56 Å². The van der Waals surface area contributed by atoms with Gasteiger partial charge in [-0.25, -0.2) is 4.98 Å². The standard InChI is InChI=1S/C28H21N5O2S/c29-16-20-10-7-13-22(14-20)30-25(34)18-36-28-32-24-15-23(21-11-5-2-6-12-21)31-26(24)27(35)33(28)17-19-8-3-1-4-9-19/h1-15,31H,17-18H2,(H,30,34). The molecule has 1 amide bonds. The second kappa shape index (κ2) is 10.3. The second-order valence-electron chi connectivity index (χ2n) is 8.11. The molecule has 0 fully saturated rings. The smallest absolute Gasteiger partial charge is 0.278 e. The van der Waals surface area contributed by atoms with Crippen molar-refractivity contribution in [3.05, 3.63) is 112 Å². The molecule has 2 aromatic heterocycles. The van der Waals surface area contributed by atoms with E-state index in [0.717, 1.165) is 16.8 Å². The van der Waals surface area contributed by atoms with Gasteiger partial charge in [0.15, 0.2) is 5.16 Å². The number of hydrogen-bond donors (Lipinski definition) is 2. The number of amides is 1. The topological polar surface area (TPSA) is 104 Å². The molecule has 0 saturated heterocycles. The number of rotatable bonds is 7. The fourth-order valence-corrected chi connectivity index (χ4v) is 4.66. The minimum Gasteiger partial charge on any atom is -0.349 e. The van der Waals surface area contributed by atoms with Crippen LogP contribution in [0.25, 0.3) is 22.3 Å². The average Bonchev–Trinajstić information content (AvgIpc) is 3.35. The number of carbonyl (C=O) groups excluding carboxylic acids is 1. The number of fused-ring (bicyclic) bond motifs is 1. The lowest BCUT2D eigenvalue weighted by Gasteiger charge is -2.12. The molecule has 0 spiro atoms. The lowest BCUT2D eigenvalue weighted by Crippen LogP contribution is -2.25. The van der Waals surface area contributed by atoms with Gasteiger partial charge in [0, 0.05) is 11.4 Å². The number of aromatic amines is 1. The lowest BCUT2D eigenvalue weighted by molar-refractivity contribution is -0.113. The lowest BCUT2D eigenvalue weighted by atomic mass is 10.2. The summed E-state index contributed by atoms with van der Waals surface area (Å²) in [6.07, 6.45) is 0. The van der Waals surface area contributed by atoms with Crippen molar-refractivity contribution in [2.75, 3.05) is 11.1 Å². The fraction of sp³-hybridized carbons (Fsp3) is 0.0714. The number of nitrogens with zero attached hydrogens (tertiary/aromatic N) is 3. The highest BCUT2D eigenvalue weighted by molar-refractivity contribution is 7.99. The maximum Gasteiger partial charge on any atom is 0.278 e. The molecular weight excluding hydrogens is 470 g/mol. The van der Waals surface area contributed by atoms with Crippen LogP contribution in [0.4, 0.5) is 5.69 Å². The largest absolute Gasteiger partial charge is 0.349 e. The van der Waals surface area contributed by atoms with E-state index in [1.807, 2.05) is 66.7 Å². The number of anilines is 1. The number of aromatic nitrogens is 3. The van der Waals surface area contributed by atoms with Crippen LogP contribution in [0.2, 0.25) is 0 Å². The highest BCUT2D eigenvalue weighted by atomic mass is 32.2. The number of nitrogens with one attached hydrogen (secondary N) is 2. The summed E-state index contributed by atoms with van der Waals surface area (Å²) >= 11 is 1.20. The number of nitriles is 1. The van der Waals surface area contributed by atoms with E-state index in [1.165, 1.54) is 11.8 Å². The van der Waals surface area contributed by atoms with Gasteiger partial charge in [0.1, 0.15) is 5.52 Å². The molecule has 0 radical (unpaired) electrons. The Labute approximate surface area is 211 Å². The van der Waals surface area contributed by atoms with Crippen LogP contribution >= 0.6 is 11.8 Å². The van der Waals surface area contributed by atoms with E-state index in [0.29, 0.717) is 34.0 Å². The van der Waals surface area contributed by atoms with Crippen molar-refractivity contribution in [2.24, 2.45) is 0 Å². The molecular formula is C28H21N5O2S. The third-order valence-corrected chi connectivity index (χ3v) is 6.56. The van der Waals surface area contributed by atoms with E-state index < -0.39 is 0 Å². The quantitative estimate of drug-likeness (QED) is 0.245. The van der Waals surface area contributed by atoms with Gasteiger partial charge >= 0.3 is 0 Å². The van der Waals surface area contributed by atoms with E-state index in [2.05, 4.69) is 16.4 Å². The van der Waals surface area contributed by atoms with Gasteiger partial charge in [-0.3, -0.25) is 14.2 Å². The van der Waals surface area contributed by atoms with Crippen molar-refractivity contribution in [3.63, 3.8) is 0 Å². The molecule has 3 aromatic carbocycles. The van der Waals surface area contributed by atoms with Crippen LogP contribution < -0.4 is 10.9 Å². The molecule has 0 aliphatic carbocycles. The van der Waals surface area contributed by atoms with Crippen molar-refractivity contribution >= 4 is 34.4 Å². The highest BCUT2D eigenvalue weighted by Crippen LogP contribution is 2.24. The summed E-state index contributed by atoms with van der Waals surface area (Å²) in [6.45, 7) is 0.330. The first-order valence-electron chi connectivity index (χ1n) is 11.3. The molecule has 5 rings (SSSR count). The first-order chi connectivity index (χ1) is 17.6. The molecule has 0 unspecified atom stereocenters. The summed E-state index contributed by atoms with van der Waals surface area (Å²) < 4.78 is 1.59. The molecule has 5 aromatic rings. The molecule has 7 nitrogen and oxygen atoms in total. The van der Waals surface area contributed by atoms with Crippen LogP contribution in [-0.4, -0.2) is 26.2 Å². The number of hydrogen-bond acceptors (Lipinski definition) is 5. The zero-order valence-corrected chi connectivity index (χ0v) is 20.0. The Balaban J connectivity index is 1.47. The Morgan fingerprint density at radius 2 is 1.75 bits per heavy atom. The van der Waals surface area contributed by atoms with E-state index in [-0.39, 0.29) is 17.2 Å². The molecule has 0 bridgehead atoms. The third-order valence-electron chi connectivity index (χ3n) is 5.58. The maximum absolute atomic E-state index is 13.6. The molecule has 176 valence electrons. The first-order valence-corrected chi connectivity index (χ1v) is 12.2. The van der Waals surface area contributed by atoms with Gasteiger partial charge in [0.2, 0.25) is 5.91 Å². The zero-order chi connectivity index (χ0) is 24.9. The Hall–Kier alpha value is -4.61. The van der Waals surface area contributed by atoms with Crippen molar-refractivity contribution in [2.45, 2.75) is 11.7 Å². The van der Waals surface area contributed by atoms with Crippen LogP contribution in [0.5, 0.6) is 0 Å². The second-order valence-corrected chi connectivity index (χ2v) is 9.05. The van der Waals surface area contributed by atoms with E-state index in [4.69, 9.17) is 10.2 Å². The van der Waals surface area contributed by atoms with Gasteiger partial charge in [-0.05, 0) is 35.4 Å². The number of thioether (sulfide) groups is 1. The van der Waals surface area contributed by atoms with Gasteiger partial charge in [-0.15, -0.1) is 0 Å². The molecule has 8 heteroatoms. The van der Waals surface area contributed by atoms with Crippen molar-refractivity contribution in [1.29, 1.82) is 5.26 Å². The third kappa shape index (κ3) is 5.06. The van der Waals surface area contributed by atoms with Crippen molar-refractivity contribution in [1.82, 2.24) is 14.5 Å². The van der Waals surface area contributed by atoms with Gasteiger partial charge in [-0.2, -0.15) is 5.26 Å². The summed E-state index contributed by atoms with van der Waals surface area (Å²) in [7, 11) is 0. The van der Waals surface area contributed by atoms with Crippen molar-refractivity contribution in [3.8, 4) is 17.3 Å². The minimum absolute atomic E-state index is 0.0550. The summed E-state index contributed by atoms with van der Waals surface area (Å²) in [5.41, 5.74) is 4.50. The number of carbonyl (C=O) groups is 1. The van der Waals surface area contributed by atoms with Gasteiger partial charge in [-0.1, -0.05) is 78.5 Å². The van der Waals surface area contributed by atoms with E-state index in [9.17, 15) is 9.59 Å². The van der Waals surface area contributed by atoms with Crippen LogP contribution in [0, 0.1) is 11.3 Å². The molecule has 0 aliphatic heterocycles. The van der Waals surface area contributed by atoms with Crippen LogP contribution in [0.1, 0.15) is 11.1 Å². The molecule has 2 heterocycles. The molecule has 36 heavy (non-hydrogen) atoms. The Morgan fingerprint density at radius 3 is 2.50 bits per heavy atom. The zero-order valence-electron chi connectivity index (χ0n) is 19.1. The summed E-state index contributed by atoms with van der Waals surface area (Å²) in [4.78, 5) is 34.2. The Kier molecular flexibility index (Phi) is 6.65. The molecule has 2 N–H and O–H groups in total. The first kappa shape index (κ1) is 23.1. The number of benzene rings is 3. The van der Waals surface area contributed by atoms with E-state index in [1.54, 1.807) is 28.8 Å². The van der Waals surface area contributed by atoms with E-state index >= 15 is 0 Å². The molecule has 0 saturated carbocycles. The average molecular weight is 492 g/mol. The van der Waals surface area contributed by atoms with Crippen LogP contribution in [0.15, 0.2) is 101 Å². The maximum atomic E-state index is 13.6. The Morgan fingerprint density at radius 1 is 1.00 bits per heavy atom. The van der Waals surface area contributed by atoms with Crippen LogP contribution in [-0.2, 0) is 11.3 Å². The molecule has 0 atom stereocenters. The highest BCUT2D eigenvalue weighted by Gasteiger charge is 2.16. The monoisotopic (exact) mass is 491 g/mol. The normalized spacial score (nSPS) is 10.8. The number of H-pyrrole nitrogens is 1. The van der Waals surface area contributed by atoms with Gasteiger partial charge < -0.3 is 10.3 Å². The predicted octanol–water partition coefficient (Wildman–Crippen LogP) is 5.04. The Bertz CT molecular complexity index is 1640. The predicted molar refractivity (Wildman–Crippen MR) is 142 cm³/mol. The van der Waals surface area contributed by atoms with Crippen LogP contribution in [0.3, 0.4) is 0 Å². The summed E-state index contributed by atoms with van der Waals surface area (Å²) in [5, 5.41) is 12.3. The van der Waals surface area contributed by atoms with Crippen molar-refractivity contribution < 1.29 is 4.79 Å². The summed E-state index contributed by atoms with van der Waals surface area (Å²) in [6, 6.07) is 30.1. The summed E-state index contributed by atoms with van der Waals surface area (Å²) in [5.74, 6) is -0.200. The minimum atomic E-state index is -0.255. The van der Waals surface area contributed by atoms with Gasteiger partial charge in [0.05, 0.1) is 29.4 Å².